The van der Waals surface area contributed by atoms with Crippen molar-refractivity contribution in [2.75, 3.05) is 13.2 Å². The predicted molar refractivity (Wildman–Crippen MR) is 35.3 cm³/mol. The van der Waals surface area contributed by atoms with Gasteiger partial charge >= 0.3 is 0 Å². The van der Waals surface area contributed by atoms with Crippen LogP contribution in [0.2, 0.25) is 0 Å². The van der Waals surface area contributed by atoms with Crippen LogP contribution >= 0.6 is 0 Å². The molecule has 0 amide bonds. The highest BCUT2D eigenvalue weighted by atomic mass is 16.5. The van der Waals surface area contributed by atoms with Crippen LogP contribution in [-0.2, 0) is 4.74 Å². The van der Waals surface area contributed by atoms with Crippen LogP contribution in [0.4, 0.5) is 0 Å². The number of hydrogen-bond acceptors (Lipinski definition) is 2. The third-order valence-electron chi connectivity index (χ3n) is 1.64. The van der Waals surface area contributed by atoms with Gasteiger partial charge in [-0.1, -0.05) is 12.8 Å². The molecule has 1 heterocycles. The molecular formula is C7H14O2. The molecule has 1 atom stereocenters. The molecule has 0 radical (unpaired) electrons. The zero-order valence-corrected chi connectivity index (χ0v) is 5.68. The van der Waals surface area contributed by atoms with Gasteiger partial charge in [0.25, 0.3) is 0 Å². The van der Waals surface area contributed by atoms with Crippen LogP contribution in [0.3, 0.4) is 0 Å². The van der Waals surface area contributed by atoms with Crippen molar-refractivity contribution in [1.82, 2.24) is 0 Å². The summed E-state index contributed by atoms with van der Waals surface area (Å²) in [5, 5.41) is 9.09. The molecule has 9 heavy (non-hydrogen) atoms. The molecule has 0 unspecified atom stereocenters. The molecule has 1 fully saturated rings. The largest absolute Gasteiger partial charge is 0.391 e. The normalized spacial score (nSPS) is 31.0. The van der Waals surface area contributed by atoms with Gasteiger partial charge in [0.2, 0.25) is 0 Å². The Kier molecular flexibility index (Phi) is 3.01. The van der Waals surface area contributed by atoms with E-state index in [2.05, 4.69) is 0 Å². The fourth-order valence-electron chi connectivity index (χ4n) is 1.06. The SMILES string of the molecule is O[C@H]1CCCCCOC1. The van der Waals surface area contributed by atoms with Gasteiger partial charge in [0.15, 0.2) is 0 Å². The molecule has 0 bridgehead atoms. The van der Waals surface area contributed by atoms with Gasteiger partial charge in [0, 0.05) is 6.61 Å². The van der Waals surface area contributed by atoms with Crippen molar-refractivity contribution in [2.24, 2.45) is 0 Å². The van der Waals surface area contributed by atoms with E-state index in [4.69, 9.17) is 9.84 Å². The van der Waals surface area contributed by atoms with Crippen LogP contribution in [-0.4, -0.2) is 24.4 Å². The molecule has 1 rings (SSSR count). The van der Waals surface area contributed by atoms with Crippen LogP contribution in [0, 0.1) is 0 Å². The van der Waals surface area contributed by atoms with Gasteiger partial charge < -0.3 is 9.84 Å². The Labute approximate surface area is 55.8 Å². The van der Waals surface area contributed by atoms with Crippen molar-refractivity contribution < 1.29 is 9.84 Å². The van der Waals surface area contributed by atoms with Crippen molar-refractivity contribution in [1.29, 1.82) is 0 Å². The predicted octanol–water partition coefficient (Wildman–Crippen LogP) is 0.938. The summed E-state index contributed by atoms with van der Waals surface area (Å²) in [6.45, 7) is 1.37. The summed E-state index contributed by atoms with van der Waals surface area (Å²) in [4.78, 5) is 0. The van der Waals surface area contributed by atoms with Gasteiger partial charge in [-0.25, -0.2) is 0 Å². The fraction of sp³-hybridized carbons (Fsp3) is 1.00. The number of hydrogen-bond donors (Lipinski definition) is 1. The lowest BCUT2D eigenvalue weighted by Crippen LogP contribution is -2.17. The number of ether oxygens (including phenoxy) is 1. The topological polar surface area (TPSA) is 29.5 Å². The minimum absolute atomic E-state index is 0.203. The molecule has 54 valence electrons. The average molecular weight is 130 g/mol. The summed E-state index contributed by atoms with van der Waals surface area (Å²) in [6, 6.07) is 0. The Balaban J connectivity index is 2.12. The van der Waals surface area contributed by atoms with E-state index < -0.39 is 0 Å². The first-order valence-electron chi connectivity index (χ1n) is 3.65. The highest BCUT2D eigenvalue weighted by Gasteiger charge is 2.06. The summed E-state index contributed by atoms with van der Waals surface area (Å²) in [5.74, 6) is 0. The second kappa shape index (κ2) is 3.85. The highest BCUT2D eigenvalue weighted by molar-refractivity contribution is 4.57. The van der Waals surface area contributed by atoms with E-state index in [9.17, 15) is 0 Å². The molecule has 2 nitrogen and oxygen atoms in total. The standard InChI is InChI=1S/C7H14O2/c8-7-4-2-1-3-5-9-6-7/h7-8H,1-6H2/t7-/m0/s1. The molecule has 0 spiro atoms. The average Bonchev–Trinajstić information content (AvgIpc) is 1.79. The van der Waals surface area contributed by atoms with Crippen molar-refractivity contribution in [3.05, 3.63) is 0 Å². The Hall–Kier alpha value is -0.0800. The van der Waals surface area contributed by atoms with Crippen LogP contribution in [0.1, 0.15) is 25.7 Å². The summed E-state index contributed by atoms with van der Waals surface area (Å²) < 4.78 is 5.14. The van der Waals surface area contributed by atoms with Crippen LogP contribution in [0.5, 0.6) is 0 Å². The van der Waals surface area contributed by atoms with Gasteiger partial charge in [-0.2, -0.15) is 0 Å². The Morgan fingerprint density at radius 1 is 1.22 bits per heavy atom. The maximum Gasteiger partial charge on any atom is 0.0773 e. The minimum atomic E-state index is -0.203. The Morgan fingerprint density at radius 3 is 3.00 bits per heavy atom. The van der Waals surface area contributed by atoms with Crippen LogP contribution in [0.15, 0.2) is 0 Å². The molecular weight excluding hydrogens is 116 g/mol. The Morgan fingerprint density at radius 2 is 2.11 bits per heavy atom. The van der Waals surface area contributed by atoms with E-state index in [1.165, 1.54) is 6.42 Å². The molecule has 2 heteroatoms. The van der Waals surface area contributed by atoms with Crippen molar-refractivity contribution in [2.45, 2.75) is 31.8 Å². The van der Waals surface area contributed by atoms with Crippen molar-refractivity contribution >= 4 is 0 Å². The van der Waals surface area contributed by atoms with Gasteiger partial charge in [-0.3, -0.25) is 0 Å². The molecule has 1 saturated heterocycles. The molecule has 1 aliphatic heterocycles. The third kappa shape index (κ3) is 2.82. The molecule has 1 aliphatic rings. The summed E-state index contributed by atoms with van der Waals surface area (Å²) in [5.41, 5.74) is 0. The summed E-state index contributed by atoms with van der Waals surface area (Å²) in [7, 11) is 0. The maximum atomic E-state index is 9.09. The highest BCUT2D eigenvalue weighted by Crippen LogP contribution is 2.07. The molecule has 0 saturated carbocycles. The minimum Gasteiger partial charge on any atom is -0.391 e. The monoisotopic (exact) mass is 130 g/mol. The van der Waals surface area contributed by atoms with E-state index in [1.54, 1.807) is 0 Å². The van der Waals surface area contributed by atoms with Gasteiger partial charge in [0.1, 0.15) is 0 Å². The van der Waals surface area contributed by atoms with E-state index in [1.807, 2.05) is 0 Å². The van der Waals surface area contributed by atoms with E-state index in [0.717, 1.165) is 25.9 Å². The molecule has 0 aromatic carbocycles. The second-order valence-electron chi connectivity index (χ2n) is 2.58. The Bertz CT molecular complexity index is 65.3. The lowest BCUT2D eigenvalue weighted by atomic mass is 10.1. The lowest BCUT2D eigenvalue weighted by Gasteiger charge is -2.14. The van der Waals surface area contributed by atoms with E-state index >= 15 is 0 Å². The van der Waals surface area contributed by atoms with E-state index in [-0.39, 0.29) is 6.10 Å². The molecule has 0 aliphatic carbocycles. The van der Waals surface area contributed by atoms with Crippen LogP contribution < -0.4 is 0 Å². The first-order valence-corrected chi connectivity index (χ1v) is 3.65. The van der Waals surface area contributed by atoms with Crippen molar-refractivity contribution in [3.63, 3.8) is 0 Å². The quantitative estimate of drug-likeness (QED) is 0.528. The van der Waals surface area contributed by atoms with Crippen molar-refractivity contribution in [3.8, 4) is 0 Å². The number of aliphatic hydroxyl groups is 1. The zero-order valence-electron chi connectivity index (χ0n) is 5.68. The zero-order chi connectivity index (χ0) is 6.53. The lowest BCUT2D eigenvalue weighted by molar-refractivity contribution is 0.0201. The fourth-order valence-corrected chi connectivity index (χ4v) is 1.06. The van der Waals surface area contributed by atoms with E-state index in [0.29, 0.717) is 6.61 Å². The first-order chi connectivity index (χ1) is 4.39. The summed E-state index contributed by atoms with van der Waals surface area (Å²) >= 11 is 0. The van der Waals surface area contributed by atoms with Gasteiger partial charge in [-0.15, -0.1) is 0 Å². The van der Waals surface area contributed by atoms with Crippen LogP contribution in [0.25, 0.3) is 0 Å². The first kappa shape index (κ1) is 7.03. The summed E-state index contributed by atoms with van der Waals surface area (Å²) in [6.07, 6.45) is 4.24. The smallest absolute Gasteiger partial charge is 0.0773 e. The maximum absolute atomic E-state index is 9.09. The van der Waals surface area contributed by atoms with Gasteiger partial charge in [-0.05, 0) is 12.8 Å². The molecule has 0 aromatic heterocycles. The molecule has 1 N–H and O–H groups in total. The number of aliphatic hydroxyl groups excluding tert-OH is 1. The molecule has 0 aromatic rings. The second-order valence-corrected chi connectivity index (χ2v) is 2.58. The third-order valence-corrected chi connectivity index (χ3v) is 1.64. The number of rotatable bonds is 0. The van der Waals surface area contributed by atoms with Gasteiger partial charge in [0.05, 0.1) is 12.7 Å².